The lowest BCUT2D eigenvalue weighted by Crippen LogP contribution is -1.63. The van der Waals surface area contributed by atoms with E-state index in [1.807, 2.05) is 6.20 Å². The molecule has 0 aliphatic heterocycles. The van der Waals surface area contributed by atoms with Crippen molar-refractivity contribution >= 4 is 22.7 Å². The molecule has 0 unspecified atom stereocenters. The summed E-state index contributed by atoms with van der Waals surface area (Å²) in [5.74, 6) is 0. The molecular formula is C8H7NS2. The molecule has 11 heavy (non-hydrogen) atoms. The molecule has 0 aliphatic rings. The third-order valence-electron chi connectivity index (χ3n) is 1.35. The molecular weight excluding hydrogens is 174 g/mol. The summed E-state index contributed by atoms with van der Waals surface area (Å²) < 4.78 is 0. The highest BCUT2D eigenvalue weighted by atomic mass is 32.1. The highest BCUT2D eigenvalue weighted by molar-refractivity contribution is 7.20. The van der Waals surface area contributed by atoms with Crippen molar-refractivity contribution in [2.75, 3.05) is 0 Å². The minimum absolute atomic E-state index is 1.14. The van der Waals surface area contributed by atoms with Gasteiger partial charge in [-0.3, -0.25) is 0 Å². The minimum Gasteiger partial charge on any atom is -0.243 e. The second-order valence-electron chi connectivity index (χ2n) is 2.25. The zero-order valence-electron chi connectivity index (χ0n) is 6.07. The zero-order valence-corrected chi connectivity index (χ0v) is 7.71. The van der Waals surface area contributed by atoms with E-state index in [2.05, 4.69) is 29.4 Å². The minimum atomic E-state index is 1.14. The van der Waals surface area contributed by atoms with E-state index >= 15 is 0 Å². The lowest BCUT2D eigenvalue weighted by Gasteiger charge is -1.84. The van der Waals surface area contributed by atoms with Crippen LogP contribution in [-0.4, -0.2) is 4.98 Å². The van der Waals surface area contributed by atoms with Crippen molar-refractivity contribution in [1.29, 1.82) is 0 Å². The number of thiophene rings is 1. The van der Waals surface area contributed by atoms with Gasteiger partial charge in [0, 0.05) is 11.1 Å². The van der Waals surface area contributed by atoms with Crippen molar-refractivity contribution in [2.45, 2.75) is 6.92 Å². The lowest BCUT2D eigenvalue weighted by molar-refractivity contribution is 1.39. The Bertz CT molecular complexity index is 335. The number of rotatable bonds is 1. The number of hydrogen-bond donors (Lipinski definition) is 0. The van der Waals surface area contributed by atoms with Gasteiger partial charge in [-0.15, -0.1) is 22.7 Å². The van der Waals surface area contributed by atoms with Gasteiger partial charge in [0.15, 0.2) is 0 Å². The van der Waals surface area contributed by atoms with Gasteiger partial charge in [-0.1, -0.05) is 6.07 Å². The molecule has 0 aromatic carbocycles. The van der Waals surface area contributed by atoms with E-state index in [0.717, 1.165) is 5.01 Å². The van der Waals surface area contributed by atoms with Crippen molar-refractivity contribution in [3.8, 4) is 9.88 Å². The molecule has 2 heterocycles. The molecule has 0 spiro atoms. The summed E-state index contributed by atoms with van der Waals surface area (Å²) in [5, 5.41) is 3.21. The van der Waals surface area contributed by atoms with Gasteiger partial charge in [-0.25, -0.2) is 4.98 Å². The first-order valence-electron chi connectivity index (χ1n) is 3.32. The Morgan fingerprint density at radius 2 is 2.36 bits per heavy atom. The largest absolute Gasteiger partial charge is 0.243 e. The number of aryl methyl sites for hydroxylation is 1. The average molecular weight is 181 g/mol. The van der Waals surface area contributed by atoms with E-state index in [9.17, 15) is 0 Å². The summed E-state index contributed by atoms with van der Waals surface area (Å²) in [4.78, 5) is 6.83. The zero-order chi connectivity index (χ0) is 7.68. The molecule has 0 saturated carbocycles. The molecule has 0 amide bonds. The smallest absolute Gasteiger partial charge is 0.133 e. The number of nitrogens with zero attached hydrogens (tertiary/aromatic N) is 1. The van der Waals surface area contributed by atoms with Gasteiger partial charge in [-0.05, 0) is 18.4 Å². The molecule has 0 atom stereocenters. The maximum atomic E-state index is 4.29. The molecule has 0 N–H and O–H groups in total. The third kappa shape index (κ3) is 1.34. The molecule has 56 valence electrons. The Hall–Kier alpha value is -0.670. The van der Waals surface area contributed by atoms with Crippen LogP contribution in [0.4, 0.5) is 0 Å². The first-order chi connectivity index (χ1) is 5.36. The van der Waals surface area contributed by atoms with E-state index < -0.39 is 0 Å². The molecule has 0 radical (unpaired) electrons. The summed E-state index contributed by atoms with van der Waals surface area (Å²) in [7, 11) is 0. The summed E-state index contributed by atoms with van der Waals surface area (Å²) in [6, 6.07) is 4.15. The number of aromatic nitrogens is 1. The molecule has 2 aromatic rings. The Kier molecular flexibility index (Phi) is 1.75. The maximum Gasteiger partial charge on any atom is 0.133 e. The monoisotopic (exact) mass is 181 g/mol. The van der Waals surface area contributed by atoms with E-state index in [1.165, 1.54) is 9.75 Å². The van der Waals surface area contributed by atoms with Crippen LogP contribution in [0, 0.1) is 6.92 Å². The van der Waals surface area contributed by atoms with Crippen LogP contribution in [0.3, 0.4) is 0 Å². The lowest BCUT2D eigenvalue weighted by atomic mass is 10.5. The van der Waals surface area contributed by atoms with E-state index in [1.54, 1.807) is 22.7 Å². The fourth-order valence-corrected chi connectivity index (χ4v) is 2.44. The summed E-state index contributed by atoms with van der Waals surface area (Å²) in [5.41, 5.74) is 0. The maximum absolute atomic E-state index is 4.29. The van der Waals surface area contributed by atoms with Gasteiger partial charge in [0.25, 0.3) is 0 Å². The first kappa shape index (κ1) is 7.00. The molecule has 1 nitrogen and oxygen atoms in total. The predicted molar refractivity (Wildman–Crippen MR) is 50.2 cm³/mol. The second kappa shape index (κ2) is 2.75. The highest BCUT2D eigenvalue weighted by Gasteiger charge is 2.01. The Morgan fingerprint density at radius 3 is 2.91 bits per heavy atom. The molecule has 3 heteroatoms. The third-order valence-corrected chi connectivity index (χ3v) is 3.31. The highest BCUT2D eigenvalue weighted by Crippen LogP contribution is 2.28. The van der Waals surface area contributed by atoms with E-state index in [4.69, 9.17) is 0 Å². The van der Waals surface area contributed by atoms with Crippen LogP contribution in [0.15, 0.2) is 23.7 Å². The van der Waals surface area contributed by atoms with E-state index in [-0.39, 0.29) is 0 Å². The number of thiazole rings is 1. The first-order valence-corrected chi connectivity index (χ1v) is 5.02. The van der Waals surface area contributed by atoms with Gasteiger partial charge >= 0.3 is 0 Å². The van der Waals surface area contributed by atoms with Crippen molar-refractivity contribution in [1.82, 2.24) is 4.98 Å². The van der Waals surface area contributed by atoms with Crippen LogP contribution in [-0.2, 0) is 0 Å². The van der Waals surface area contributed by atoms with Crippen molar-refractivity contribution < 1.29 is 0 Å². The molecule has 0 aliphatic carbocycles. The number of hydrogen-bond acceptors (Lipinski definition) is 3. The van der Waals surface area contributed by atoms with E-state index in [0.29, 0.717) is 0 Å². The van der Waals surface area contributed by atoms with Gasteiger partial charge in [0.05, 0.1) is 4.88 Å². The summed E-state index contributed by atoms with van der Waals surface area (Å²) >= 11 is 3.48. The van der Waals surface area contributed by atoms with Gasteiger partial charge in [0.1, 0.15) is 5.01 Å². The van der Waals surface area contributed by atoms with Crippen molar-refractivity contribution in [3.05, 3.63) is 28.6 Å². The molecule has 2 aromatic heterocycles. The van der Waals surface area contributed by atoms with Gasteiger partial charge in [-0.2, -0.15) is 0 Å². The van der Waals surface area contributed by atoms with Crippen LogP contribution < -0.4 is 0 Å². The van der Waals surface area contributed by atoms with Crippen molar-refractivity contribution in [3.63, 3.8) is 0 Å². The van der Waals surface area contributed by atoms with Crippen LogP contribution in [0.2, 0.25) is 0 Å². The van der Waals surface area contributed by atoms with Crippen LogP contribution in [0.5, 0.6) is 0 Å². The van der Waals surface area contributed by atoms with Crippen LogP contribution in [0.25, 0.3) is 9.88 Å². The average Bonchev–Trinajstić information content (AvgIpc) is 2.55. The molecule has 0 fully saturated rings. The topological polar surface area (TPSA) is 12.9 Å². The summed E-state index contributed by atoms with van der Waals surface area (Å²) in [6.07, 6.45) is 1.92. The van der Waals surface area contributed by atoms with Crippen LogP contribution in [0.1, 0.15) is 4.88 Å². The van der Waals surface area contributed by atoms with Gasteiger partial charge < -0.3 is 0 Å². The van der Waals surface area contributed by atoms with Gasteiger partial charge in [0.2, 0.25) is 0 Å². The Morgan fingerprint density at radius 1 is 1.45 bits per heavy atom. The fraction of sp³-hybridized carbons (Fsp3) is 0.125. The fourth-order valence-electron chi connectivity index (χ4n) is 0.869. The standard InChI is InChI=1S/C8H7NS2/c1-6-5-9-8(11-6)7-3-2-4-10-7/h2-5H,1H3. The summed E-state index contributed by atoms with van der Waals surface area (Å²) in [6.45, 7) is 2.08. The quantitative estimate of drug-likeness (QED) is 0.658. The Balaban J connectivity index is 2.45. The molecule has 0 bridgehead atoms. The second-order valence-corrected chi connectivity index (χ2v) is 4.44. The SMILES string of the molecule is Cc1cnc(-c2cccs2)s1. The molecule has 0 saturated heterocycles. The molecule has 2 rings (SSSR count). The van der Waals surface area contributed by atoms with Crippen LogP contribution >= 0.6 is 22.7 Å². The normalized spacial score (nSPS) is 10.3. The van der Waals surface area contributed by atoms with Crippen molar-refractivity contribution in [2.24, 2.45) is 0 Å². The predicted octanol–water partition coefficient (Wildman–Crippen LogP) is 3.18. The Labute approximate surface area is 73.4 Å².